The molecule has 1 aromatic heterocycles. The summed E-state index contributed by atoms with van der Waals surface area (Å²) in [7, 11) is -3.69. The molecule has 0 saturated carbocycles. The van der Waals surface area contributed by atoms with E-state index in [1.807, 2.05) is 0 Å². The minimum absolute atomic E-state index is 0.0124. The summed E-state index contributed by atoms with van der Waals surface area (Å²) in [4.78, 5) is 3.89. The van der Waals surface area contributed by atoms with E-state index in [1.54, 1.807) is 0 Å². The third kappa shape index (κ3) is 3.33. The van der Waals surface area contributed by atoms with Crippen LogP contribution >= 0.6 is 27.5 Å². The number of sulfonamides is 1. The first-order valence-electron chi connectivity index (χ1n) is 6.40. The lowest BCUT2D eigenvalue weighted by molar-refractivity contribution is 0.192. The van der Waals surface area contributed by atoms with E-state index in [4.69, 9.17) is 16.7 Å². The molecule has 0 aromatic carbocycles. The number of nitrogens with zero attached hydrogens (tertiary/aromatic N) is 2. The average Bonchev–Trinajstić information content (AvgIpc) is 2.42. The number of pyridine rings is 1. The third-order valence-corrected chi connectivity index (χ3v) is 6.21. The van der Waals surface area contributed by atoms with Crippen molar-refractivity contribution in [2.75, 3.05) is 13.2 Å². The zero-order chi connectivity index (χ0) is 14.8. The minimum Gasteiger partial charge on any atom is -0.396 e. The zero-order valence-electron chi connectivity index (χ0n) is 10.8. The van der Waals surface area contributed by atoms with Gasteiger partial charge in [0.05, 0.1) is 0 Å². The highest BCUT2D eigenvalue weighted by atomic mass is 79.9. The van der Waals surface area contributed by atoms with E-state index >= 15 is 0 Å². The number of hydrogen-bond donors (Lipinski definition) is 1. The van der Waals surface area contributed by atoms with Gasteiger partial charge < -0.3 is 5.11 Å². The van der Waals surface area contributed by atoms with E-state index in [-0.39, 0.29) is 22.7 Å². The zero-order valence-corrected chi connectivity index (χ0v) is 14.0. The first-order chi connectivity index (χ1) is 9.46. The number of hydrogen-bond acceptors (Lipinski definition) is 4. The fourth-order valence-corrected chi connectivity index (χ4v) is 5.08. The second kappa shape index (κ2) is 6.70. The van der Waals surface area contributed by atoms with E-state index in [1.165, 1.54) is 16.6 Å². The Bertz CT molecular complexity index is 580. The highest BCUT2D eigenvalue weighted by Gasteiger charge is 2.34. The van der Waals surface area contributed by atoms with Gasteiger partial charge in [0.2, 0.25) is 10.0 Å². The summed E-state index contributed by atoms with van der Waals surface area (Å²) >= 11 is 9.15. The number of piperidine rings is 1. The van der Waals surface area contributed by atoms with Crippen LogP contribution in [-0.2, 0) is 10.0 Å². The summed E-state index contributed by atoms with van der Waals surface area (Å²) < 4.78 is 27.5. The van der Waals surface area contributed by atoms with Crippen molar-refractivity contribution in [2.24, 2.45) is 0 Å². The van der Waals surface area contributed by atoms with E-state index in [9.17, 15) is 8.42 Å². The van der Waals surface area contributed by atoms with Crippen molar-refractivity contribution in [3.63, 3.8) is 0 Å². The van der Waals surface area contributed by atoms with Gasteiger partial charge in [-0.2, -0.15) is 4.31 Å². The lowest BCUT2D eigenvalue weighted by atomic mass is 10.0. The Hall–Kier alpha value is -0.210. The number of aromatic nitrogens is 1. The minimum atomic E-state index is -3.69. The van der Waals surface area contributed by atoms with Gasteiger partial charge in [-0.05, 0) is 41.3 Å². The van der Waals surface area contributed by atoms with E-state index in [2.05, 4.69) is 20.9 Å². The van der Waals surface area contributed by atoms with Crippen molar-refractivity contribution in [3.05, 3.63) is 21.9 Å². The highest BCUT2D eigenvalue weighted by Crippen LogP contribution is 2.31. The van der Waals surface area contributed by atoms with Gasteiger partial charge in [0.25, 0.3) is 0 Å². The fourth-order valence-electron chi connectivity index (χ4n) is 2.44. The molecule has 1 unspecified atom stereocenters. The average molecular weight is 384 g/mol. The molecule has 1 N–H and O–H groups in total. The molecule has 0 aliphatic carbocycles. The Balaban J connectivity index is 2.39. The van der Waals surface area contributed by atoms with Crippen LogP contribution < -0.4 is 0 Å². The van der Waals surface area contributed by atoms with Gasteiger partial charge in [-0.25, -0.2) is 13.4 Å². The second-order valence-electron chi connectivity index (χ2n) is 4.72. The Morgan fingerprint density at radius 2 is 2.25 bits per heavy atom. The number of halogens is 2. The predicted octanol–water partition coefficient (Wildman–Crippen LogP) is 2.42. The molecule has 1 aliphatic rings. The Morgan fingerprint density at radius 3 is 2.95 bits per heavy atom. The summed E-state index contributed by atoms with van der Waals surface area (Å²) in [5.74, 6) is 0. The summed E-state index contributed by atoms with van der Waals surface area (Å²) in [6.07, 6.45) is 4.46. The van der Waals surface area contributed by atoms with Crippen LogP contribution in [-0.4, -0.2) is 42.0 Å². The van der Waals surface area contributed by atoms with E-state index < -0.39 is 10.0 Å². The molecule has 0 bridgehead atoms. The van der Waals surface area contributed by atoms with Crippen LogP contribution in [0.5, 0.6) is 0 Å². The quantitative estimate of drug-likeness (QED) is 0.811. The van der Waals surface area contributed by atoms with Crippen LogP contribution in [0.1, 0.15) is 25.7 Å². The van der Waals surface area contributed by atoms with Crippen LogP contribution in [0.3, 0.4) is 0 Å². The van der Waals surface area contributed by atoms with Crippen LogP contribution in [0, 0.1) is 0 Å². The van der Waals surface area contributed by atoms with Crippen molar-refractivity contribution >= 4 is 37.6 Å². The SMILES string of the molecule is O=S(=O)(c1cc(Br)cnc1Cl)N1CCCCC1CCO. The molecule has 5 nitrogen and oxygen atoms in total. The van der Waals surface area contributed by atoms with Crippen LogP contribution in [0.4, 0.5) is 0 Å². The Labute approximate surface area is 132 Å². The molecule has 1 aliphatic heterocycles. The largest absolute Gasteiger partial charge is 0.396 e. The first-order valence-corrected chi connectivity index (χ1v) is 9.01. The molecule has 1 aromatic rings. The van der Waals surface area contributed by atoms with Gasteiger partial charge >= 0.3 is 0 Å². The van der Waals surface area contributed by atoms with Gasteiger partial charge in [0.1, 0.15) is 10.0 Å². The Kier molecular flexibility index (Phi) is 5.42. The lowest BCUT2D eigenvalue weighted by Crippen LogP contribution is -2.44. The summed E-state index contributed by atoms with van der Waals surface area (Å²) in [6, 6.07) is 1.30. The van der Waals surface area contributed by atoms with E-state index in [0.717, 1.165) is 19.3 Å². The summed E-state index contributed by atoms with van der Waals surface area (Å²) in [5.41, 5.74) is 0. The molecule has 0 radical (unpaired) electrons. The highest BCUT2D eigenvalue weighted by molar-refractivity contribution is 9.10. The molecule has 0 spiro atoms. The van der Waals surface area contributed by atoms with Crippen molar-refractivity contribution in [2.45, 2.75) is 36.6 Å². The monoisotopic (exact) mass is 382 g/mol. The van der Waals surface area contributed by atoms with Crippen molar-refractivity contribution in [1.82, 2.24) is 9.29 Å². The molecule has 1 fully saturated rings. The molecule has 112 valence electrons. The summed E-state index contributed by atoms with van der Waals surface area (Å²) in [5, 5.41) is 9.08. The maximum Gasteiger partial charge on any atom is 0.246 e. The standard InChI is InChI=1S/C12H16BrClN2O3S/c13-9-7-11(12(14)15-8-9)20(18,19)16-5-2-1-3-10(16)4-6-17/h7-8,10,17H,1-6H2. The third-order valence-electron chi connectivity index (χ3n) is 3.40. The normalized spacial score (nSPS) is 21.1. The van der Waals surface area contributed by atoms with Crippen molar-refractivity contribution in [3.8, 4) is 0 Å². The molecule has 0 amide bonds. The first kappa shape index (κ1) is 16.2. The predicted molar refractivity (Wildman–Crippen MR) is 80.2 cm³/mol. The van der Waals surface area contributed by atoms with Crippen LogP contribution in [0.2, 0.25) is 5.15 Å². The van der Waals surface area contributed by atoms with E-state index in [0.29, 0.717) is 17.4 Å². The summed E-state index contributed by atoms with van der Waals surface area (Å²) in [6.45, 7) is 0.428. The van der Waals surface area contributed by atoms with Gasteiger partial charge in [-0.15, -0.1) is 0 Å². The molecule has 8 heteroatoms. The molecule has 1 saturated heterocycles. The number of rotatable bonds is 4. The Morgan fingerprint density at radius 1 is 1.50 bits per heavy atom. The maximum atomic E-state index is 12.7. The molecule has 20 heavy (non-hydrogen) atoms. The number of aliphatic hydroxyl groups is 1. The maximum absolute atomic E-state index is 12.7. The molecule has 1 atom stereocenters. The number of aliphatic hydroxyl groups excluding tert-OH is 1. The van der Waals surface area contributed by atoms with Crippen molar-refractivity contribution < 1.29 is 13.5 Å². The van der Waals surface area contributed by atoms with Gasteiger partial charge in [0, 0.05) is 29.9 Å². The van der Waals surface area contributed by atoms with Crippen LogP contribution in [0.25, 0.3) is 0 Å². The van der Waals surface area contributed by atoms with Gasteiger partial charge in [-0.3, -0.25) is 0 Å². The molecule has 2 rings (SSSR count). The van der Waals surface area contributed by atoms with Crippen molar-refractivity contribution in [1.29, 1.82) is 0 Å². The molecular formula is C12H16BrClN2O3S. The topological polar surface area (TPSA) is 70.5 Å². The van der Waals surface area contributed by atoms with Gasteiger partial charge in [0.15, 0.2) is 0 Å². The van der Waals surface area contributed by atoms with Crippen LogP contribution in [0.15, 0.2) is 21.6 Å². The lowest BCUT2D eigenvalue weighted by Gasteiger charge is -2.34. The molecular weight excluding hydrogens is 368 g/mol. The van der Waals surface area contributed by atoms with Gasteiger partial charge in [-0.1, -0.05) is 18.0 Å². The smallest absolute Gasteiger partial charge is 0.246 e. The fraction of sp³-hybridized carbons (Fsp3) is 0.583. The second-order valence-corrected chi connectivity index (χ2v) is 7.85. The molecule has 2 heterocycles.